The first-order chi connectivity index (χ1) is 8.82. The molecule has 1 atom stereocenters. The van der Waals surface area contributed by atoms with E-state index < -0.39 is 29.0 Å². The van der Waals surface area contributed by atoms with Crippen LogP contribution < -0.4 is 10.1 Å². The fourth-order valence-electron chi connectivity index (χ4n) is 1.40. The predicted molar refractivity (Wildman–Crippen MR) is 64.1 cm³/mol. The van der Waals surface area contributed by atoms with E-state index in [2.05, 4.69) is 5.32 Å². The Bertz CT molecular complexity index is 411. The minimum atomic E-state index is -1.51. The third-order valence-corrected chi connectivity index (χ3v) is 2.46. The van der Waals surface area contributed by atoms with Gasteiger partial charge in [0.15, 0.2) is 17.4 Å². The van der Waals surface area contributed by atoms with Crippen molar-refractivity contribution in [1.29, 1.82) is 0 Å². The Balaban J connectivity index is 2.67. The van der Waals surface area contributed by atoms with E-state index >= 15 is 0 Å². The molecule has 0 heterocycles. The molecule has 0 aliphatic heterocycles. The van der Waals surface area contributed by atoms with Gasteiger partial charge < -0.3 is 10.1 Å². The summed E-state index contributed by atoms with van der Waals surface area (Å²) in [5.74, 6) is -7.03. The van der Waals surface area contributed by atoms with Gasteiger partial charge in [0.1, 0.15) is 0 Å². The van der Waals surface area contributed by atoms with Gasteiger partial charge in [-0.1, -0.05) is 20.8 Å². The maximum Gasteiger partial charge on any atom is 0.203 e. The molecule has 0 saturated carbocycles. The largest absolute Gasteiger partial charge is 0.487 e. The molecule has 6 heteroatoms. The second kappa shape index (κ2) is 6.75. The maximum atomic E-state index is 13.3. The summed E-state index contributed by atoms with van der Waals surface area (Å²) in [4.78, 5) is 0. The van der Waals surface area contributed by atoms with Crippen LogP contribution in [0, 0.1) is 29.2 Å². The Morgan fingerprint density at radius 2 is 1.58 bits per heavy atom. The minimum absolute atomic E-state index is 0.0452. The summed E-state index contributed by atoms with van der Waals surface area (Å²) in [5.41, 5.74) is 0. The average molecular weight is 279 g/mol. The number of ether oxygens (including phenoxy) is 1. The zero-order valence-electron chi connectivity index (χ0n) is 11.1. The molecule has 0 amide bonds. The van der Waals surface area contributed by atoms with Crippen molar-refractivity contribution in [2.75, 3.05) is 13.2 Å². The van der Waals surface area contributed by atoms with Crippen molar-refractivity contribution in [3.63, 3.8) is 0 Å². The van der Waals surface area contributed by atoms with Crippen LogP contribution in [0.4, 0.5) is 17.6 Å². The van der Waals surface area contributed by atoms with Crippen molar-refractivity contribution in [1.82, 2.24) is 5.32 Å². The van der Waals surface area contributed by atoms with E-state index in [1.54, 1.807) is 6.92 Å². The van der Waals surface area contributed by atoms with Crippen LogP contribution in [-0.4, -0.2) is 19.2 Å². The monoisotopic (exact) mass is 279 g/mol. The van der Waals surface area contributed by atoms with E-state index in [0.717, 1.165) is 0 Å². The summed E-state index contributed by atoms with van der Waals surface area (Å²) in [6.45, 7) is 6.22. The van der Waals surface area contributed by atoms with Crippen LogP contribution in [0.3, 0.4) is 0 Å². The topological polar surface area (TPSA) is 21.3 Å². The van der Waals surface area contributed by atoms with Gasteiger partial charge >= 0.3 is 0 Å². The van der Waals surface area contributed by atoms with E-state index in [-0.39, 0.29) is 24.6 Å². The van der Waals surface area contributed by atoms with Crippen LogP contribution in [0.2, 0.25) is 0 Å². The molecule has 0 spiro atoms. The molecule has 1 N–H and O–H groups in total. The summed E-state index contributed by atoms with van der Waals surface area (Å²) < 4.78 is 57.3. The minimum Gasteiger partial charge on any atom is -0.487 e. The van der Waals surface area contributed by atoms with Crippen molar-refractivity contribution in [2.24, 2.45) is 5.92 Å². The zero-order valence-corrected chi connectivity index (χ0v) is 11.1. The molecule has 19 heavy (non-hydrogen) atoms. The first-order valence-corrected chi connectivity index (χ1v) is 6.02. The van der Waals surface area contributed by atoms with Gasteiger partial charge in [-0.15, -0.1) is 0 Å². The molecule has 1 rings (SSSR count). The van der Waals surface area contributed by atoms with Crippen LogP contribution in [-0.2, 0) is 0 Å². The van der Waals surface area contributed by atoms with Gasteiger partial charge in [0.2, 0.25) is 11.6 Å². The molecule has 0 saturated heterocycles. The van der Waals surface area contributed by atoms with E-state index in [1.807, 2.05) is 13.8 Å². The number of hydrogen-bond donors (Lipinski definition) is 1. The Labute approximate surface area is 109 Å². The van der Waals surface area contributed by atoms with Gasteiger partial charge in [0.05, 0.1) is 6.61 Å². The van der Waals surface area contributed by atoms with Crippen LogP contribution >= 0.6 is 0 Å². The van der Waals surface area contributed by atoms with Crippen molar-refractivity contribution in [3.8, 4) is 5.75 Å². The number of halogens is 4. The van der Waals surface area contributed by atoms with E-state index in [4.69, 9.17) is 4.74 Å². The van der Waals surface area contributed by atoms with Crippen LogP contribution in [0.5, 0.6) is 5.75 Å². The molecule has 0 aromatic heterocycles. The van der Waals surface area contributed by atoms with Gasteiger partial charge in [-0.05, 0) is 0 Å². The molecular formula is C13H17F4NO. The van der Waals surface area contributed by atoms with E-state index in [9.17, 15) is 17.6 Å². The van der Waals surface area contributed by atoms with Crippen molar-refractivity contribution in [2.45, 2.75) is 26.8 Å². The molecule has 2 nitrogen and oxygen atoms in total. The Morgan fingerprint density at radius 3 is 2.05 bits per heavy atom. The highest BCUT2D eigenvalue weighted by Crippen LogP contribution is 2.26. The van der Waals surface area contributed by atoms with Gasteiger partial charge in [-0.25, -0.2) is 8.78 Å². The van der Waals surface area contributed by atoms with Crippen LogP contribution in [0.15, 0.2) is 6.07 Å². The third-order valence-electron chi connectivity index (χ3n) is 2.46. The Hall–Kier alpha value is -1.30. The number of nitrogens with one attached hydrogen (secondary N) is 1. The SMILES string of the molecule is CC(CNC(C)C)COc1c(F)c(F)cc(F)c1F. The second-order valence-electron chi connectivity index (χ2n) is 4.78. The fourth-order valence-corrected chi connectivity index (χ4v) is 1.40. The molecule has 0 radical (unpaired) electrons. The third kappa shape index (κ3) is 4.38. The van der Waals surface area contributed by atoms with E-state index in [1.165, 1.54) is 0 Å². The Kier molecular flexibility index (Phi) is 5.60. The summed E-state index contributed by atoms with van der Waals surface area (Å²) in [5, 5.41) is 3.12. The summed E-state index contributed by atoms with van der Waals surface area (Å²) in [6.07, 6.45) is 0. The predicted octanol–water partition coefficient (Wildman–Crippen LogP) is 3.26. The molecule has 0 aliphatic carbocycles. The molecule has 0 bridgehead atoms. The van der Waals surface area contributed by atoms with Crippen molar-refractivity contribution >= 4 is 0 Å². The molecular weight excluding hydrogens is 262 g/mol. The summed E-state index contributed by atoms with van der Waals surface area (Å²) in [7, 11) is 0. The summed E-state index contributed by atoms with van der Waals surface area (Å²) >= 11 is 0. The first kappa shape index (κ1) is 15.8. The highest BCUT2D eigenvalue weighted by atomic mass is 19.2. The number of benzene rings is 1. The van der Waals surface area contributed by atoms with Gasteiger partial charge in [-0.2, -0.15) is 8.78 Å². The van der Waals surface area contributed by atoms with E-state index in [0.29, 0.717) is 6.54 Å². The van der Waals surface area contributed by atoms with Crippen LogP contribution in [0.25, 0.3) is 0 Å². The Morgan fingerprint density at radius 1 is 1.05 bits per heavy atom. The lowest BCUT2D eigenvalue weighted by Crippen LogP contribution is -2.30. The molecule has 1 aromatic carbocycles. The first-order valence-electron chi connectivity index (χ1n) is 6.02. The van der Waals surface area contributed by atoms with Gasteiger partial charge in [-0.3, -0.25) is 0 Å². The molecule has 0 aliphatic rings. The standard InChI is InChI=1S/C13H17F4NO/c1-7(2)18-5-8(3)6-19-13-11(16)9(14)4-10(15)12(13)17/h4,7-8,18H,5-6H2,1-3H3. The quantitative estimate of drug-likeness (QED) is 0.637. The molecule has 108 valence electrons. The highest BCUT2D eigenvalue weighted by molar-refractivity contribution is 5.28. The maximum absolute atomic E-state index is 13.3. The van der Waals surface area contributed by atoms with Crippen molar-refractivity contribution < 1.29 is 22.3 Å². The number of rotatable bonds is 6. The lowest BCUT2D eigenvalue weighted by molar-refractivity contribution is 0.225. The number of hydrogen-bond acceptors (Lipinski definition) is 2. The fraction of sp³-hybridized carbons (Fsp3) is 0.538. The average Bonchev–Trinajstić information content (AvgIpc) is 2.34. The van der Waals surface area contributed by atoms with Crippen LogP contribution in [0.1, 0.15) is 20.8 Å². The molecule has 0 fully saturated rings. The smallest absolute Gasteiger partial charge is 0.203 e. The van der Waals surface area contributed by atoms with Crippen molar-refractivity contribution in [3.05, 3.63) is 29.3 Å². The lowest BCUT2D eigenvalue weighted by atomic mass is 10.2. The molecule has 1 unspecified atom stereocenters. The normalized spacial score (nSPS) is 12.8. The second-order valence-corrected chi connectivity index (χ2v) is 4.78. The van der Waals surface area contributed by atoms with Gasteiger partial charge in [0.25, 0.3) is 0 Å². The molecule has 1 aromatic rings. The van der Waals surface area contributed by atoms with Gasteiger partial charge in [0, 0.05) is 24.6 Å². The lowest BCUT2D eigenvalue weighted by Gasteiger charge is -2.16. The highest BCUT2D eigenvalue weighted by Gasteiger charge is 2.21. The zero-order chi connectivity index (χ0) is 14.6. The summed E-state index contributed by atoms with van der Waals surface area (Å²) in [6, 6.07) is 0.420.